The van der Waals surface area contributed by atoms with E-state index in [9.17, 15) is 9.59 Å². The highest BCUT2D eigenvalue weighted by Crippen LogP contribution is 2.15. The quantitative estimate of drug-likeness (QED) is 0.861. The van der Waals surface area contributed by atoms with Gasteiger partial charge >= 0.3 is 5.97 Å². The van der Waals surface area contributed by atoms with Gasteiger partial charge in [0.1, 0.15) is 0 Å². The van der Waals surface area contributed by atoms with Crippen molar-refractivity contribution in [3.05, 3.63) is 64.9 Å². The average Bonchev–Trinajstić information content (AvgIpc) is 2.54. The smallest absolute Gasteiger partial charge is 0.338 e. The first-order valence-electron chi connectivity index (χ1n) is 6.68. The predicted octanol–water partition coefficient (Wildman–Crippen LogP) is 2.77. The van der Waals surface area contributed by atoms with E-state index in [-0.39, 0.29) is 18.6 Å². The second kappa shape index (κ2) is 7.56. The van der Waals surface area contributed by atoms with E-state index in [0.717, 1.165) is 5.56 Å². The molecule has 0 saturated carbocycles. The summed E-state index contributed by atoms with van der Waals surface area (Å²) in [5, 5.41) is 3.38. The van der Waals surface area contributed by atoms with E-state index in [1.807, 2.05) is 19.1 Å². The Morgan fingerprint density at radius 1 is 1.18 bits per heavy atom. The highest BCUT2D eigenvalue weighted by molar-refractivity contribution is 6.30. The van der Waals surface area contributed by atoms with Crippen LogP contribution in [0, 0.1) is 0 Å². The summed E-state index contributed by atoms with van der Waals surface area (Å²) in [5.74, 6) is -0.929. The predicted molar refractivity (Wildman–Crippen MR) is 82.5 cm³/mol. The van der Waals surface area contributed by atoms with Crippen molar-refractivity contribution < 1.29 is 14.3 Å². The molecule has 0 saturated heterocycles. The van der Waals surface area contributed by atoms with Gasteiger partial charge in [0.15, 0.2) is 6.61 Å². The zero-order valence-electron chi connectivity index (χ0n) is 12.0. The van der Waals surface area contributed by atoms with Crippen LogP contribution in [0.2, 0.25) is 5.02 Å². The average molecular weight is 319 g/mol. The number of hydrogen-bond acceptors (Lipinski definition) is 4. The molecule has 5 nitrogen and oxygen atoms in total. The molecule has 22 heavy (non-hydrogen) atoms. The van der Waals surface area contributed by atoms with Crippen molar-refractivity contribution in [2.75, 3.05) is 6.61 Å². The molecule has 0 unspecified atom stereocenters. The van der Waals surface area contributed by atoms with E-state index in [4.69, 9.17) is 16.3 Å². The number of nitrogens with one attached hydrogen (secondary N) is 1. The highest BCUT2D eigenvalue weighted by atomic mass is 35.5. The van der Waals surface area contributed by atoms with E-state index in [1.165, 1.54) is 24.5 Å². The Morgan fingerprint density at radius 3 is 2.45 bits per heavy atom. The molecule has 0 aliphatic rings. The molecule has 1 atom stereocenters. The van der Waals surface area contributed by atoms with Crippen LogP contribution in [0.3, 0.4) is 0 Å². The summed E-state index contributed by atoms with van der Waals surface area (Å²) in [6.45, 7) is 1.50. The lowest BCUT2D eigenvalue weighted by Crippen LogP contribution is -2.31. The minimum Gasteiger partial charge on any atom is -0.452 e. The summed E-state index contributed by atoms with van der Waals surface area (Å²) in [5.41, 5.74) is 1.27. The number of amides is 1. The van der Waals surface area contributed by atoms with E-state index in [2.05, 4.69) is 10.3 Å². The minimum absolute atomic E-state index is 0.204. The number of pyridine rings is 1. The van der Waals surface area contributed by atoms with Crippen LogP contribution in [0.15, 0.2) is 48.8 Å². The molecule has 1 aromatic carbocycles. The molecular formula is C16H15ClN2O3. The standard InChI is InChI=1S/C16H15ClN2O3/c1-11(12-2-4-14(17)5-3-12)19-15(20)10-22-16(21)13-6-8-18-9-7-13/h2-9,11H,10H2,1H3,(H,19,20)/t11-/m0/s1. The summed E-state index contributed by atoms with van der Waals surface area (Å²) in [6.07, 6.45) is 2.97. The van der Waals surface area contributed by atoms with E-state index in [0.29, 0.717) is 10.6 Å². The Bertz CT molecular complexity index is 644. The summed E-state index contributed by atoms with van der Waals surface area (Å²) in [4.78, 5) is 27.3. The van der Waals surface area contributed by atoms with Gasteiger partial charge in [-0.3, -0.25) is 9.78 Å². The van der Waals surface area contributed by atoms with E-state index in [1.54, 1.807) is 12.1 Å². The summed E-state index contributed by atoms with van der Waals surface area (Å²) >= 11 is 5.82. The lowest BCUT2D eigenvalue weighted by molar-refractivity contribution is -0.124. The van der Waals surface area contributed by atoms with Crippen LogP contribution < -0.4 is 5.32 Å². The van der Waals surface area contributed by atoms with Gasteiger partial charge in [0.25, 0.3) is 5.91 Å². The van der Waals surface area contributed by atoms with Gasteiger partial charge in [0.2, 0.25) is 0 Å². The number of hydrogen-bond donors (Lipinski definition) is 1. The molecule has 0 fully saturated rings. The summed E-state index contributed by atoms with van der Waals surface area (Å²) in [6, 6.07) is 10.0. The monoisotopic (exact) mass is 318 g/mol. The van der Waals surface area contributed by atoms with Crippen LogP contribution in [-0.4, -0.2) is 23.5 Å². The Morgan fingerprint density at radius 2 is 1.82 bits per heavy atom. The van der Waals surface area contributed by atoms with Crippen LogP contribution >= 0.6 is 11.6 Å². The zero-order chi connectivity index (χ0) is 15.9. The molecule has 2 aromatic rings. The Kier molecular flexibility index (Phi) is 5.49. The maximum atomic E-state index is 11.8. The van der Waals surface area contributed by atoms with Crippen molar-refractivity contribution in [1.82, 2.24) is 10.3 Å². The van der Waals surface area contributed by atoms with Gasteiger partial charge < -0.3 is 10.1 Å². The molecule has 0 bridgehead atoms. The molecule has 114 valence electrons. The molecule has 1 heterocycles. The van der Waals surface area contributed by atoms with Gasteiger partial charge in [-0.05, 0) is 36.8 Å². The molecule has 0 aliphatic carbocycles. The Hall–Kier alpha value is -2.40. The number of ether oxygens (including phenoxy) is 1. The number of carbonyl (C=O) groups excluding carboxylic acids is 2. The van der Waals surface area contributed by atoms with Crippen molar-refractivity contribution in [2.24, 2.45) is 0 Å². The highest BCUT2D eigenvalue weighted by Gasteiger charge is 2.13. The Balaban J connectivity index is 1.83. The maximum absolute atomic E-state index is 11.8. The number of aromatic nitrogens is 1. The van der Waals surface area contributed by atoms with Crippen molar-refractivity contribution in [1.29, 1.82) is 0 Å². The van der Waals surface area contributed by atoms with Gasteiger partial charge in [-0.1, -0.05) is 23.7 Å². The van der Waals surface area contributed by atoms with Crippen LogP contribution in [0.25, 0.3) is 0 Å². The van der Waals surface area contributed by atoms with Gasteiger partial charge in [-0.2, -0.15) is 0 Å². The number of benzene rings is 1. The molecule has 1 amide bonds. The lowest BCUT2D eigenvalue weighted by atomic mass is 10.1. The maximum Gasteiger partial charge on any atom is 0.338 e. The third kappa shape index (κ3) is 4.56. The second-order valence-electron chi connectivity index (χ2n) is 4.65. The van der Waals surface area contributed by atoms with E-state index >= 15 is 0 Å². The summed E-state index contributed by atoms with van der Waals surface area (Å²) < 4.78 is 4.95. The largest absolute Gasteiger partial charge is 0.452 e. The molecule has 1 N–H and O–H groups in total. The van der Waals surface area contributed by atoms with Gasteiger partial charge in [-0.15, -0.1) is 0 Å². The molecule has 2 rings (SSSR count). The van der Waals surface area contributed by atoms with Gasteiger partial charge in [0.05, 0.1) is 11.6 Å². The van der Waals surface area contributed by atoms with Crippen molar-refractivity contribution in [2.45, 2.75) is 13.0 Å². The number of halogens is 1. The summed E-state index contributed by atoms with van der Waals surface area (Å²) in [7, 11) is 0. The fourth-order valence-corrected chi connectivity index (χ4v) is 1.95. The first-order chi connectivity index (χ1) is 10.6. The van der Waals surface area contributed by atoms with Crippen LogP contribution in [0.1, 0.15) is 28.9 Å². The Labute approximate surface area is 133 Å². The van der Waals surface area contributed by atoms with Crippen molar-refractivity contribution >= 4 is 23.5 Å². The molecule has 6 heteroatoms. The fraction of sp³-hybridized carbons (Fsp3) is 0.188. The SMILES string of the molecule is C[C@H](NC(=O)COC(=O)c1ccncc1)c1ccc(Cl)cc1. The third-order valence-electron chi connectivity index (χ3n) is 3.00. The second-order valence-corrected chi connectivity index (χ2v) is 5.09. The van der Waals surface area contributed by atoms with Crippen LogP contribution in [0.5, 0.6) is 0 Å². The zero-order valence-corrected chi connectivity index (χ0v) is 12.7. The number of carbonyl (C=O) groups is 2. The van der Waals surface area contributed by atoms with Crippen molar-refractivity contribution in [3.63, 3.8) is 0 Å². The molecule has 1 aromatic heterocycles. The first-order valence-corrected chi connectivity index (χ1v) is 7.06. The number of esters is 1. The van der Waals surface area contributed by atoms with E-state index < -0.39 is 5.97 Å². The van der Waals surface area contributed by atoms with Crippen LogP contribution in [0.4, 0.5) is 0 Å². The topological polar surface area (TPSA) is 68.3 Å². The van der Waals surface area contributed by atoms with Gasteiger partial charge in [0, 0.05) is 17.4 Å². The molecule has 0 aliphatic heterocycles. The molecular weight excluding hydrogens is 304 g/mol. The third-order valence-corrected chi connectivity index (χ3v) is 3.25. The fourth-order valence-electron chi connectivity index (χ4n) is 1.82. The number of rotatable bonds is 5. The lowest BCUT2D eigenvalue weighted by Gasteiger charge is -2.14. The van der Waals surface area contributed by atoms with Crippen molar-refractivity contribution in [3.8, 4) is 0 Å². The minimum atomic E-state index is -0.559. The van der Waals surface area contributed by atoms with Crippen LogP contribution in [-0.2, 0) is 9.53 Å². The number of nitrogens with zero attached hydrogens (tertiary/aromatic N) is 1. The first kappa shape index (κ1) is 16.0. The van der Waals surface area contributed by atoms with Gasteiger partial charge in [-0.25, -0.2) is 4.79 Å². The molecule has 0 spiro atoms. The molecule has 0 radical (unpaired) electrons. The normalized spacial score (nSPS) is 11.5.